The average molecular weight is 339 g/mol. The van der Waals surface area contributed by atoms with Crippen molar-refractivity contribution in [3.05, 3.63) is 96.1 Å². The minimum atomic E-state index is -1.07. The van der Waals surface area contributed by atoms with E-state index in [2.05, 4.69) is 53.8 Å². The van der Waals surface area contributed by atoms with Crippen molar-refractivity contribution < 1.29 is 5.11 Å². The van der Waals surface area contributed by atoms with Gasteiger partial charge in [-0.1, -0.05) is 84.9 Å². The fourth-order valence-electron chi connectivity index (χ4n) is 4.28. The van der Waals surface area contributed by atoms with E-state index in [1.54, 1.807) is 0 Å². The Bertz CT molecular complexity index is 1010. The summed E-state index contributed by atoms with van der Waals surface area (Å²) in [6.45, 7) is 0.947. The van der Waals surface area contributed by atoms with Gasteiger partial charge in [0.2, 0.25) is 0 Å². The van der Waals surface area contributed by atoms with Gasteiger partial charge in [0.05, 0.1) is 0 Å². The topological polar surface area (TPSA) is 32.3 Å². The molecule has 2 nitrogen and oxygen atoms in total. The Balaban J connectivity index is 1.85. The van der Waals surface area contributed by atoms with E-state index >= 15 is 0 Å². The van der Waals surface area contributed by atoms with Crippen LogP contribution in [0.25, 0.3) is 21.5 Å². The summed E-state index contributed by atoms with van der Waals surface area (Å²) in [7, 11) is 0. The first-order valence-corrected chi connectivity index (χ1v) is 9.21. The lowest BCUT2D eigenvalue weighted by molar-refractivity contribution is 0.0140. The Morgan fingerprint density at radius 1 is 0.692 bits per heavy atom. The highest BCUT2D eigenvalue weighted by atomic mass is 16.3. The highest BCUT2D eigenvalue weighted by Crippen LogP contribution is 2.42. The van der Waals surface area contributed by atoms with Crippen LogP contribution in [-0.4, -0.2) is 17.7 Å². The second-order valence-electron chi connectivity index (χ2n) is 7.12. The van der Waals surface area contributed by atoms with Gasteiger partial charge in [0, 0.05) is 6.04 Å². The van der Waals surface area contributed by atoms with Crippen molar-refractivity contribution in [2.75, 3.05) is 6.54 Å². The quantitative estimate of drug-likeness (QED) is 0.572. The number of rotatable bonds is 3. The van der Waals surface area contributed by atoms with E-state index in [1.807, 2.05) is 36.4 Å². The molecular formula is C24H21NO. The Morgan fingerprint density at radius 3 is 1.62 bits per heavy atom. The number of benzene rings is 4. The Kier molecular flexibility index (Phi) is 3.56. The zero-order valence-electron chi connectivity index (χ0n) is 14.5. The standard InChI is InChI=1S/C24H21NO/c26-24(23-15-16-25-23,21-13-5-9-17-7-1-3-11-19(17)21)22-14-6-10-18-8-2-4-12-20(18)22/h1-14,23,25-26H,15-16H2/t23-/m0/s1. The van der Waals surface area contributed by atoms with Crippen molar-refractivity contribution in [1.82, 2.24) is 5.32 Å². The predicted octanol–water partition coefficient (Wildman–Crippen LogP) is 4.59. The second kappa shape index (κ2) is 5.94. The van der Waals surface area contributed by atoms with Gasteiger partial charge in [-0.3, -0.25) is 0 Å². The van der Waals surface area contributed by atoms with Crippen molar-refractivity contribution in [3.8, 4) is 0 Å². The van der Waals surface area contributed by atoms with Crippen LogP contribution in [0, 0.1) is 0 Å². The molecule has 1 heterocycles. The molecule has 1 fully saturated rings. The molecule has 0 bridgehead atoms. The van der Waals surface area contributed by atoms with Gasteiger partial charge in [-0.25, -0.2) is 0 Å². The van der Waals surface area contributed by atoms with Crippen LogP contribution in [0.4, 0.5) is 0 Å². The minimum Gasteiger partial charge on any atom is -0.379 e. The Morgan fingerprint density at radius 2 is 1.15 bits per heavy atom. The fraction of sp³-hybridized carbons (Fsp3) is 0.167. The first-order chi connectivity index (χ1) is 12.8. The zero-order chi connectivity index (χ0) is 17.6. The molecule has 4 aromatic carbocycles. The molecule has 128 valence electrons. The van der Waals surface area contributed by atoms with Crippen molar-refractivity contribution in [1.29, 1.82) is 0 Å². The number of hydrogen-bond donors (Lipinski definition) is 2. The van der Waals surface area contributed by atoms with Crippen molar-refractivity contribution in [3.63, 3.8) is 0 Å². The molecular weight excluding hydrogens is 318 g/mol. The summed E-state index contributed by atoms with van der Waals surface area (Å²) in [5.41, 5.74) is 0.883. The van der Waals surface area contributed by atoms with E-state index < -0.39 is 5.60 Å². The highest BCUT2D eigenvalue weighted by Gasteiger charge is 2.44. The first-order valence-electron chi connectivity index (χ1n) is 9.21. The third-order valence-electron chi connectivity index (χ3n) is 5.73. The summed E-state index contributed by atoms with van der Waals surface area (Å²) in [4.78, 5) is 0. The van der Waals surface area contributed by atoms with E-state index in [0.29, 0.717) is 0 Å². The van der Waals surface area contributed by atoms with Crippen LogP contribution >= 0.6 is 0 Å². The highest BCUT2D eigenvalue weighted by molar-refractivity contribution is 5.91. The molecule has 5 rings (SSSR count). The van der Waals surface area contributed by atoms with Crippen LogP contribution in [0.15, 0.2) is 84.9 Å². The Labute approximate surface area is 153 Å². The molecule has 0 amide bonds. The van der Waals surface area contributed by atoms with Crippen LogP contribution in [0.5, 0.6) is 0 Å². The number of nitrogens with one attached hydrogen (secondary N) is 1. The SMILES string of the molecule is OC(c1cccc2ccccc12)(c1cccc2ccccc12)[C@@H]1CCN1. The summed E-state index contributed by atoms with van der Waals surface area (Å²) in [6, 6.07) is 29.1. The lowest BCUT2D eigenvalue weighted by Crippen LogP contribution is -2.57. The molecule has 1 aliphatic heterocycles. The smallest absolute Gasteiger partial charge is 0.131 e. The molecule has 4 aromatic rings. The van der Waals surface area contributed by atoms with E-state index in [9.17, 15) is 5.11 Å². The summed E-state index contributed by atoms with van der Waals surface area (Å²) in [5.74, 6) is 0. The molecule has 0 radical (unpaired) electrons. The zero-order valence-corrected chi connectivity index (χ0v) is 14.5. The summed E-state index contributed by atoms with van der Waals surface area (Å²) in [6.07, 6.45) is 0.961. The van der Waals surface area contributed by atoms with Gasteiger partial charge in [0.1, 0.15) is 5.60 Å². The van der Waals surface area contributed by atoms with Crippen LogP contribution in [-0.2, 0) is 5.60 Å². The van der Waals surface area contributed by atoms with E-state index in [0.717, 1.165) is 45.6 Å². The van der Waals surface area contributed by atoms with Crippen molar-refractivity contribution in [2.45, 2.75) is 18.1 Å². The molecule has 0 unspecified atom stereocenters. The van der Waals surface area contributed by atoms with Crippen LogP contribution in [0.1, 0.15) is 17.5 Å². The lowest BCUT2D eigenvalue weighted by Gasteiger charge is -2.44. The molecule has 0 aliphatic carbocycles. The molecule has 0 saturated carbocycles. The van der Waals surface area contributed by atoms with Gasteiger partial charge < -0.3 is 10.4 Å². The third kappa shape index (κ3) is 2.20. The molecule has 0 aromatic heterocycles. The van der Waals surface area contributed by atoms with Crippen molar-refractivity contribution in [2.24, 2.45) is 0 Å². The summed E-state index contributed by atoms with van der Waals surface area (Å²) >= 11 is 0. The minimum absolute atomic E-state index is 0.0131. The maximum Gasteiger partial charge on any atom is 0.131 e. The maximum absolute atomic E-state index is 12.2. The molecule has 1 aliphatic rings. The molecule has 26 heavy (non-hydrogen) atoms. The Hall–Kier alpha value is -2.68. The van der Waals surface area contributed by atoms with E-state index in [4.69, 9.17) is 0 Å². The normalized spacial score (nSPS) is 17.3. The molecule has 1 atom stereocenters. The number of aliphatic hydroxyl groups is 1. The van der Waals surface area contributed by atoms with Crippen molar-refractivity contribution >= 4 is 21.5 Å². The van der Waals surface area contributed by atoms with Gasteiger partial charge in [-0.2, -0.15) is 0 Å². The van der Waals surface area contributed by atoms with Crippen LogP contribution < -0.4 is 5.32 Å². The van der Waals surface area contributed by atoms with Gasteiger partial charge in [0.15, 0.2) is 0 Å². The van der Waals surface area contributed by atoms with E-state index in [-0.39, 0.29) is 6.04 Å². The van der Waals surface area contributed by atoms with Crippen LogP contribution in [0.3, 0.4) is 0 Å². The number of fused-ring (bicyclic) bond motifs is 2. The second-order valence-corrected chi connectivity index (χ2v) is 7.12. The number of hydrogen-bond acceptors (Lipinski definition) is 2. The largest absolute Gasteiger partial charge is 0.379 e. The molecule has 1 saturated heterocycles. The third-order valence-corrected chi connectivity index (χ3v) is 5.73. The summed E-state index contributed by atoms with van der Waals surface area (Å²) < 4.78 is 0. The maximum atomic E-state index is 12.2. The first kappa shape index (κ1) is 15.6. The fourth-order valence-corrected chi connectivity index (χ4v) is 4.28. The van der Waals surface area contributed by atoms with E-state index in [1.165, 1.54) is 0 Å². The predicted molar refractivity (Wildman–Crippen MR) is 107 cm³/mol. The molecule has 0 spiro atoms. The van der Waals surface area contributed by atoms with Crippen LogP contribution in [0.2, 0.25) is 0 Å². The van der Waals surface area contributed by atoms with Gasteiger partial charge in [0.25, 0.3) is 0 Å². The monoisotopic (exact) mass is 339 g/mol. The van der Waals surface area contributed by atoms with Gasteiger partial charge >= 0.3 is 0 Å². The lowest BCUT2D eigenvalue weighted by atomic mass is 9.73. The molecule has 2 N–H and O–H groups in total. The van der Waals surface area contributed by atoms with Gasteiger partial charge in [-0.15, -0.1) is 0 Å². The average Bonchev–Trinajstić information content (AvgIpc) is 2.65. The summed E-state index contributed by atoms with van der Waals surface area (Å²) in [5, 5.41) is 20.2. The van der Waals surface area contributed by atoms with Gasteiger partial charge in [-0.05, 0) is 45.6 Å². The molecule has 2 heteroatoms.